The number of ether oxygens (including phenoxy) is 1. The van der Waals surface area contributed by atoms with Crippen molar-refractivity contribution < 1.29 is 27.4 Å². The Morgan fingerprint density at radius 2 is 1.90 bits per heavy atom. The molecule has 0 radical (unpaired) electrons. The number of hydrogen-bond acceptors (Lipinski definition) is 4. The second-order valence-electron chi connectivity index (χ2n) is 8.27. The van der Waals surface area contributed by atoms with Gasteiger partial charge in [0.15, 0.2) is 0 Å². The Hall–Kier alpha value is -2.65. The minimum Gasteiger partial charge on any atom is -0.496 e. The highest BCUT2D eigenvalue weighted by Gasteiger charge is 2.56. The summed E-state index contributed by atoms with van der Waals surface area (Å²) in [5.74, 6) is -0.357. The summed E-state index contributed by atoms with van der Waals surface area (Å²) in [7, 11) is 1.36. The fourth-order valence-corrected chi connectivity index (χ4v) is 3.84. The Morgan fingerprint density at radius 1 is 1.19 bits per heavy atom. The van der Waals surface area contributed by atoms with E-state index in [4.69, 9.17) is 4.74 Å². The van der Waals surface area contributed by atoms with E-state index in [1.54, 1.807) is 25.4 Å². The van der Waals surface area contributed by atoms with Crippen molar-refractivity contribution in [2.75, 3.05) is 7.11 Å². The predicted molar refractivity (Wildman–Crippen MR) is 109 cm³/mol. The highest BCUT2D eigenvalue weighted by atomic mass is 19.4. The first-order valence-electron chi connectivity index (χ1n) is 9.67. The number of methoxy groups -OCH3 is 1. The van der Waals surface area contributed by atoms with Crippen LogP contribution in [0.2, 0.25) is 0 Å². The number of halogens is 4. The molecule has 0 amide bonds. The number of nitrogens with one attached hydrogen (secondary N) is 2. The van der Waals surface area contributed by atoms with Gasteiger partial charge in [-0.1, -0.05) is 13.8 Å². The van der Waals surface area contributed by atoms with E-state index in [9.17, 15) is 22.7 Å². The summed E-state index contributed by atoms with van der Waals surface area (Å²) in [4.78, 5) is 7.09. The lowest BCUT2D eigenvalue weighted by molar-refractivity contribution is -0.280. The Kier molecular flexibility index (Phi) is 6.03. The quantitative estimate of drug-likeness (QED) is 0.368. The molecule has 0 saturated carbocycles. The second-order valence-corrected chi connectivity index (χ2v) is 8.27. The van der Waals surface area contributed by atoms with Gasteiger partial charge < -0.3 is 14.8 Å². The van der Waals surface area contributed by atoms with E-state index in [0.29, 0.717) is 5.69 Å². The van der Waals surface area contributed by atoms with Gasteiger partial charge in [-0.3, -0.25) is 10.3 Å². The lowest BCUT2D eigenvalue weighted by Crippen LogP contribution is -2.59. The highest BCUT2D eigenvalue weighted by molar-refractivity contribution is 5.83. The number of aliphatic hydroxyl groups is 1. The normalized spacial score (nSPS) is 14.6. The largest absolute Gasteiger partial charge is 0.496 e. The molecule has 0 aliphatic carbocycles. The van der Waals surface area contributed by atoms with E-state index >= 15 is 0 Å². The number of fused-ring (bicyclic) bond motifs is 1. The van der Waals surface area contributed by atoms with Gasteiger partial charge in [-0.15, -0.1) is 0 Å². The standard InChI is InChI=1S/C22H25F4N3O2/c1-13-15-10-27-8-7-17(15)29-18(13)11-28-21(30,22(24,25)26)12-20(2,3)16-9-14(23)5-6-19(16)31-4/h5-10,28-30H,11-12H2,1-4H3. The molecule has 0 saturated heterocycles. The van der Waals surface area contributed by atoms with Gasteiger partial charge in [0.05, 0.1) is 7.11 Å². The van der Waals surface area contributed by atoms with Gasteiger partial charge in [-0.05, 0) is 42.2 Å². The third kappa shape index (κ3) is 4.52. The van der Waals surface area contributed by atoms with E-state index in [1.165, 1.54) is 33.1 Å². The Labute approximate surface area is 177 Å². The zero-order valence-electron chi connectivity index (χ0n) is 17.7. The van der Waals surface area contributed by atoms with Crippen molar-refractivity contribution in [3.63, 3.8) is 0 Å². The fourth-order valence-electron chi connectivity index (χ4n) is 3.84. The van der Waals surface area contributed by atoms with E-state index in [0.717, 1.165) is 22.5 Å². The van der Waals surface area contributed by atoms with Gasteiger partial charge in [0.2, 0.25) is 5.72 Å². The highest BCUT2D eigenvalue weighted by Crippen LogP contribution is 2.42. The van der Waals surface area contributed by atoms with Crippen molar-refractivity contribution in [3.8, 4) is 5.75 Å². The zero-order valence-corrected chi connectivity index (χ0v) is 17.7. The summed E-state index contributed by atoms with van der Waals surface area (Å²) >= 11 is 0. The van der Waals surface area contributed by atoms with Crippen molar-refractivity contribution in [2.24, 2.45) is 0 Å². The van der Waals surface area contributed by atoms with Gasteiger partial charge in [0.25, 0.3) is 0 Å². The van der Waals surface area contributed by atoms with E-state index in [-0.39, 0.29) is 17.9 Å². The van der Waals surface area contributed by atoms with Crippen LogP contribution in [0.1, 0.15) is 37.1 Å². The minimum absolute atomic E-state index is 0.229. The Bertz CT molecular complexity index is 1080. The molecule has 0 aliphatic heterocycles. The number of benzene rings is 1. The molecule has 0 aliphatic rings. The van der Waals surface area contributed by atoms with Crippen molar-refractivity contribution in [2.45, 2.75) is 51.1 Å². The average Bonchev–Trinajstić information content (AvgIpc) is 3.01. The van der Waals surface area contributed by atoms with Gasteiger partial charge >= 0.3 is 6.18 Å². The molecule has 3 aromatic rings. The third-order valence-corrected chi connectivity index (χ3v) is 5.58. The number of H-pyrrole nitrogens is 1. The molecule has 9 heteroatoms. The summed E-state index contributed by atoms with van der Waals surface area (Å²) in [6, 6.07) is 5.38. The van der Waals surface area contributed by atoms with Crippen molar-refractivity contribution in [1.82, 2.24) is 15.3 Å². The molecule has 3 rings (SSSR count). The van der Waals surface area contributed by atoms with E-state index < -0.39 is 29.6 Å². The van der Waals surface area contributed by atoms with E-state index in [1.807, 2.05) is 0 Å². The maximum absolute atomic E-state index is 14.0. The first-order chi connectivity index (χ1) is 14.4. The van der Waals surface area contributed by atoms with E-state index in [2.05, 4.69) is 15.3 Å². The molecular weight excluding hydrogens is 414 g/mol. The molecular formula is C22H25F4N3O2. The summed E-state index contributed by atoms with van der Waals surface area (Å²) in [5.41, 5.74) is -2.28. The second kappa shape index (κ2) is 8.12. The van der Waals surface area contributed by atoms with Crippen LogP contribution in [0.25, 0.3) is 10.9 Å². The van der Waals surface area contributed by atoms with Crippen molar-refractivity contribution >= 4 is 10.9 Å². The molecule has 168 valence electrons. The van der Waals surface area contributed by atoms with Crippen LogP contribution >= 0.6 is 0 Å². The van der Waals surface area contributed by atoms with Gasteiger partial charge in [0.1, 0.15) is 11.6 Å². The number of rotatable bonds is 7. The molecule has 0 fully saturated rings. The molecule has 3 N–H and O–H groups in total. The van der Waals surface area contributed by atoms with Crippen molar-refractivity contribution in [1.29, 1.82) is 0 Å². The lowest BCUT2D eigenvalue weighted by Gasteiger charge is -2.38. The molecule has 2 heterocycles. The van der Waals surface area contributed by atoms with Crippen LogP contribution < -0.4 is 10.1 Å². The van der Waals surface area contributed by atoms with Crippen LogP contribution in [0, 0.1) is 12.7 Å². The summed E-state index contributed by atoms with van der Waals surface area (Å²) in [6.45, 7) is 4.52. The maximum Gasteiger partial charge on any atom is 0.431 e. The number of aryl methyl sites for hydroxylation is 1. The van der Waals surface area contributed by atoms with Crippen LogP contribution in [0.15, 0.2) is 36.7 Å². The Balaban J connectivity index is 1.92. The van der Waals surface area contributed by atoms with Crippen molar-refractivity contribution in [3.05, 3.63) is 59.3 Å². The molecule has 2 aromatic heterocycles. The lowest BCUT2D eigenvalue weighted by atomic mass is 9.77. The van der Waals surface area contributed by atoms with Gasteiger partial charge in [-0.2, -0.15) is 13.2 Å². The summed E-state index contributed by atoms with van der Waals surface area (Å²) in [6.07, 6.45) is -2.53. The molecule has 0 spiro atoms. The first kappa shape index (κ1) is 23.0. The number of alkyl halides is 3. The molecule has 0 bridgehead atoms. The van der Waals surface area contributed by atoms with Crippen LogP contribution in [-0.4, -0.2) is 34.1 Å². The molecule has 1 aromatic carbocycles. The van der Waals surface area contributed by atoms with Gasteiger partial charge in [0, 0.05) is 47.5 Å². The number of nitrogens with zero attached hydrogens (tertiary/aromatic N) is 1. The predicted octanol–water partition coefficient (Wildman–Crippen LogP) is 4.73. The summed E-state index contributed by atoms with van der Waals surface area (Å²) in [5, 5.41) is 13.8. The fraction of sp³-hybridized carbons (Fsp3) is 0.409. The summed E-state index contributed by atoms with van der Waals surface area (Å²) < 4.78 is 61.0. The molecule has 5 nitrogen and oxygen atoms in total. The minimum atomic E-state index is -4.98. The van der Waals surface area contributed by atoms with Crippen LogP contribution in [0.4, 0.5) is 17.6 Å². The van der Waals surface area contributed by atoms with Crippen LogP contribution in [-0.2, 0) is 12.0 Å². The monoisotopic (exact) mass is 439 g/mol. The average molecular weight is 439 g/mol. The first-order valence-corrected chi connectivity index (χ1v) is 9.67. The smallest absolute Gasteiger partial charge is 0.431 e. The third-order valence-electron chi connectivity index (χ3n) is 5.58. The number of aromatic amines is 1. The molecule has 31 heavy (non-hydrogen) atoms. The number of aromatic nitrogens is 2. The van der Waals surface area contributed by atoms with Gasteiger partial charge in [-0.25, -0.2) is 4.39 Å². The SMILES string of the molecule is COc1ccc(F)cc1C(C)(C)CC(O)(NCc1[nH]c2ccncc2c1C)C(F)(F)F. The number of pyridine rings is 1. The molecule has 1 unspecified atom stereocenters. The van der Waals surface area contributed by atoms with Crippen LogP contribution in [0.5, 0.6) is 5.75 Å². The van der Waals surface area contributed by atoms with Crippen LogP contribution in [0.3, 0.4) is 0 Å². The maximum atomic E-state index is 14.0. The molecule has 1 atom stereocenters. The topological polar surface area (TPSA) is 70.2 Å². The number of hydrogen-bond donors (Lipinski definition) is 3. The Morgan fingerprint density at radius 3 is 2.52 bits per heavy atom. The zero-order chi connectivity index (χ0) is 23.0.